The van der Waals surface area contributed by atoms with Gasteiger partial charge in [-0.25, -0.2) is 8.42 Å². The minimum atomic E-state index is -3.51. The Morgan fingerprint density at radius 2 is 1.75 bits per heavy atom. The van der Waals surface area contributed by atoms with Crippen LogP contribution in [0, 0.1) is 0 Å². The van der Waals surface area contributed by atoms with E-state index in [-0.39, 0.29) is 16.6 Å². The number of ether oxygens (including phenoxy) is 1. The summed E-state index contributed by atoms with van der Waals surface area (Å²) in [5.74, 6) is 0.278. The average molecular weight is 457 g/mol. The number of carbonyl (C=O) groups excluding carboxylic acids is 1. The van der Waals surface area contributed by atoms with Gasteiger partial charge < -0.3 is 14.6 Å². The lowest BCUT2D eigenvalue weighted by atomic mass is 10.2. The molecule has 1 saturated heterocycles. The summed E-state index contributed by atoms with van der Waals surface area (Å²) in [6.07, 6.45) is 2.81. The fourth-order valence-corrected chi connectivity index (χ4v) is 4.98. The standard InChI is InChI=1S/C22H24N4O5S/c1-30-18-9-5-16(6-10-18)15-23-21(27)22-24-20(25-31-22)17-7-11-19(12-8-17)32(28,29)26-13-3-2-4-14-26/h5-12H,2-4,13-15H2,1H3,(H,23,27). The van der Waals surface area contributed by atoms with Crippen LogP contribution in [-0.4, -0.2) is 49.0 Å². The van der Waals surface area contributed by atoms with Crippen LogP contribution in [0.1, 0.15) is 35.5 Å². The number of piperidine rings is 1. The van der Waals surface area contributed by atoms with E-state index in [4.69, 9.17) is 9.26 Å². The molecule has 0 unspecified atom stereocenters. The van der Waals surface area contributed by atoms with Crippen LogP contribution in [-0.2, 0) is 16.6 Å². The Morgan fingerprint density at radius 1 is 1.06 bits per heavy atom. The van der Waals surface area contributed by atoms with E-state index in [9.17, 15) is 13.2 Å². The molecule has 4 rings (SSSR count). The molecule has 1 aromatic heterocycles. The van der Waals surface area contributed by atoms with Crippen molar-refractivity contribution in [3.05, 3.63) is 60.0 Å². The van der Waals surface area contributed by atoms with E-state index in [0.29, 0.717) is 25.2 Å². The molecule has 3 aromatic rings. The average Bonchev–Trinajstić information content (AvgIpc) is 3.34. The predicted octanol–water partition coefficient (Wildman–Crippen LogP) is 2.85. The third kappa shape index (κ3) is 4.81. The van der Waals surface area contributed by atoms with Gasteiger partial charge in [0.1, 0.15) is 5.75 Å². The van der Waals surface area contributed by atoms with Gasteiger partial charge in [-0.1, -0.05) is 23.7 Å². The van der Waals surface area contributed by atoms with Crippen LogP contribution in [0.3, 0.4) is 0 Å². The highest BCUT2D eigenvalue weighted by molar-refractivity contribution is 7.89. The SMILES string of the molecule is COc1ccc(CNC(=O)c2nc(-c3ccc(S(=O)(=O)N4CCCCC4)cc3)no2)cc1. The molecule has 0 saturated carbocycles. The maximum atomic E-state index is 12.8. The fourth-order valence-electron chi connectivity index (χ4n) is 3.46. The van der Waals surface area contributed by atoms with Gasteiger partial charge in [-0.05, 0) is 54.8 Å². The van der Waals surface area contributed by atoms with Crippen molar-refractivity contribution in [2.45, 2.75) is 30.7 Å². The number of methoxy groups -OCH3 is 1. The number of aromatic nitrogens is 2. The number of hydrogen-bond donors (Lipinski definition) is 1. The zero-order chi connectivity index (χ0) is 22.6. The highest BCUT2D eigenvalue weighted by Crippen LogP contribution is 2.23. The van der Waals surface area contributed by atoms with Crippen LogP contribution in [0.2, 0.25) is 0 Å². The molecule has 0 spiro atoms. The highest BCUT2D eigenvalue weighted by atomic mass is 32.2. The Balaban J connectivity index is 1.40. The zero-order valence-corrected chi connectivity index (χ0v) is 18.5. The van der Waals surface area contributed by atoms with Gasteiger partial charge in [0.2, 0.25) is 15.8 Å². The Hall–Kier alpha value is -3.24. The van der Waals surface area contributed by atoms with Crippen molar-refractivity contribution < 1.29 is 22.5 Å². The molecular weight excluding hydrogens is 432 g/mol. The number of sulfonamides is 1. The summed E-state index contributed by atoms with van der Waals surface area (Å²) in [5, 5.41) is 6.57. The summed E-state index contributed by atoms with van der Waals surface area (Å²) < 4.78 is 37.2. The van der Waals surface area contributed by atoms with Crippen molar-refractivity contribution in [3.8, 4) is 17.1 Å². The van der Waals surface area contributed by atoms with Gasteiger partial charge in [-0.3, -0.25) is 4.79 Å². The topological polar surface area (TPSA) is 115 Å². The normalized spacial score (nSPS) is 14.8. The van der Waals surface area contributed by atoms with Gasteiger partial charge >= 0.3 is 11.8 Å². The molecular formula is C22H24N4O5S. The first-order chi connectivity index (χ1) is 15.5. The summed E-state index contributed by atoms with van der Waals surface area (Å²) in [7, 11) is -1.92. The van der Waals surface area contributed by atoms with E-state index in [0.717, 1.165) is 30.6 Å². The molecule has 1 N–H and O–H groups in total. The number of nitrogens with one attached hydrogen (secondary N) is 1. The Bertz CT molecular complexity index is 1170. The molecule has 168 valence electrons. The molecule has 32 heavy (non-hydrogen) atoms. The molecule has 9 nitrogen and oxygen atoms in total. The summed E-state index contributed by atoms with van der Waals surface area (Å²) in [4.78, 5) is 16.7. The van der Waals surface area contributed by atoms with Crippen molar-refractivity contribution in [3.63, 3.8) is 0 Å². The van der Waals surface area contributed by atoms with E-state index in [1.54, 1.807) is 31.4 Å². The first kappa shape index (κ1) is 22.0. The van der Waals surface area contributed by atoms with Crippen molar-refractivity contribution >= 4 is 15.9 Å². The van der Waals surface area contributed by atoms with Crippen LogP contribution in [0.4, 0.5) is 0 Å². The number of rotatable bonds is 7. The number of benzene rings is 2. The highest BCUT2D eigenvalue weighted by Gasteiger charge is 2.26. The van der Waals surface area contributed by atoms with Crippen molar-refractivity contribution in [1.29, 1.82) is 0 Å². The first-order valence-corrected chi connectivity index (χ1v) is 11.8. The molecule has 2 heterocycles. The van der Waals surface area contributed by atoms with E-state index in [2.05, 4.69) is 15.5 Å². The van der Waals surface area contributed by atoms with Crippen LogP contribution < -0.4 is 10.1 Å². The molecule has 1 amide bonds. The zero-order valence-electron chi connectivity index (χ0n) is 17.7. The van der Waals surface area contributed by atoms with E-state index in [1.165, 1.54) is 16.4 Å². The molecule has 0 bridgehead atoms. The monoisotopic (exact) mass is 456 g/mol. The van der Waals surface area contributed by atoms with Gasteiger partial charge in [0.05, 0.1) is 12.0 Å². The summed E-state index contributed by atoms with van der Waals surface area (Å²) >= 11 is 0. The Kier molecular flexibility index (Phi) is 6.52. The number of hydrogen-bond acceptors (Lipinski definition) is 7. The first-order valence-electron chi connectivity index (χ1n) is 10.3. The van der Waals surface area contributed by atoms with Gasteiger partial charge in [0, 0.05) is 25.2 Å². The smallest absolute Gasteiger partial charge is 0.316 e. The number of carbonyl (C=O) groups is 1. The minimum absolute atomic E-state index is 0.168. The molecule has 2 aromatic carbocycles. The van der Waals surface area contributed by atoms with Gasteiger partial charge in [0.15, 0.2) is 0 Å². The lowest BCUT2D eigenvalue weighted by Gasteiger charge is -2.25. The molecule has 1 fully saturated rings. The number of amides is 1. The van der Waals surface area contributed by atoms with Crippen molar-refractivity contribution in [1.82, 2.24) is 19.8 Å². The van der Waals surface area contributed by atoms with Crippen molar-refractivity contribution in [2.75, 3.05) is 20.2 Å². The number of nitrogens with zero attached hydrogens (tertiary/aromatic N) is 3. The third-order valence-corrected chi connectivity index (χ3v) is 7.21. The largest absolute Gasteiger partial charge is 0.497 e. The molecule has 0 atom stereocenters. The Labute approximate surface area is 186 Å². The molecule has 0 aliphatic carbocycles. The second-order valence-corrected chi connectivity index (χ2v) is 9.38. The van der Waals surface area contributed by atoms with Crippen molar-refractivity contribution in [2.24, 2.45) is 0 Å². The summed E-state index contributed by atoms with van der Waals surface area (Å²) in [6.45, 7) is 1.39. The predicted molar refractivity (Wildman–Crippen MR) is 117 cm³/mol. The van der Waals surface area contributed by atoms with Gasteiger partial charge in [-0.15, -0.1) is 0 Å². The molecule has 10 heteroatoms. The van der Waals surface area contributed by atoms with Crippen LogP contribution >= 0.6 is 0 Å². The van der Waals surface area contributed by atoms with Gasteiger partial charge in [-0.2, -0.15) is 9.29 Å². The molecule has 1 aliphatic heterocycles. The molecule has 1 aliphatic rings. The van der Waals surface area contributed by atoms with Crippen LogP contribution in [0.15, 0.2) is 57.9 Å². The second-order valence-electron chi connectivity index (χ2n) is 7.44. The molecule has 0 radical (unpaired) electrons. The quantitative estimate of drug-likeness (QED) is 0.581. The summed E-state index contributed by atoms with van der Waals surface area (Å²) in [5.41, 5.74) is 1.45. The lowest BCUT2D eigenvalue weighted by Crippen LogP contribution is -2.35. The summed E-state index contributed by atoms with van der Waals surface area (Å²) in [6, 6.07) is 13.6. The fraction of sp³-hybridized carbons (Fsp3) is 0.318. The lowest BCUT2D eigenvalue weighted by molar-refractivity contribution is 0.0907. The Morgan fingerprint density at radius 3 is 2.41 bits per heavy atom. The van der Waals surface area contributed by atoms with E-state index < -0.39 is 15.9 Å². The third-order valence-electron chi connectivity index (χ3n) is 5.30. The maximum absolute atomic E-state index is 12.8. The second kappa shape index (κ2) is 9.49. The van der Waals surface area contributed by atoms with E-state index >= 15 is 0 Å². The van der Waals surface area contributed by atoms with Gasteiger partial charge in [0.25, 0.3) is 0 Å². The van der Waals surface area contributed by atoms with Crippen LogP contribution in [0.25, 0.3) is 11.4 Å². The maximum Gasteiger partial charge on any atom is 0.316 e. The van der Waals surface area contributed by atoms with Crippen LogP contribution in [0.5, 0.6) is 5.75 Å². The van der Waals surface area contributed by atoms with E-state index in [1.807, 2.05) is 12.1 Å². The minimum Gasteiger partial charge on any atom is -0.497 e.